The predicted molar refractivity (Wildman–Crippen MR) is 140 cm³/mol. The van der Waals surface area contributed by atoms with Crippen molar-refractivity contribution in [3.05, 3.63) is 78.0 Å². The molecule has 0 bridgehead atoms. The van der Waals surface area contributed by atoms with Gasteiger partial charge in [0.15, 0.2) is 0 Å². The van der Waals surface area contributed by atoms with Gasteiger partial charge in [0.05, 0.1) is 10.4 Å². The number of hydrogen-bond acceptors (Lipinski definition) is 4. The summed E-state index contributed by atoms with van der Waals surface area (Å²) >= 11 is 0. The third kappa shape index (κ3) is 4.46. The van der Waals surface area contributed by atoms with Crippen LogP contribution in [0, 0.1) is 6.92 Å². The molecular weight excluding hydrogens is 456 g/mol. The molecule has 1 aliphatic heterocycles. The van der Waals surface area contributed by atoms with Gasteiger partial charge in [0.25, 0.3) is 0 Å². The molecule has 6 rings (SSSR count). The van der Waals surface area contributed by atoms with E-state index >= 15 is 0 Å². The number of H-pyrrole nitrogens is 1. The van der Waals surface area contributed by atoms with Gasteiger partial charge in [-0.25, -0.2) is 8.42 Å². The Morgan fingerprint density at radius 2 is 1.57 bits per heavy atom. The lowest BCUT2D eigenvalue weighted by molar-refractivity contribution is 0.330. The van der Waals surface area contributed by atoms with Crippen molar-refractivity contribution < 1.29 is 8.42 Å². The Morgan fingerprint density at radius 3 is 2.26 bits per heavy atom. The van der Waals surface area contributed by atoms with Gasteiger partial charge < -0.3 is 5.32 Å². The molecule has 35 heavy (non-hydrogen) atoms. The van der Waals surface area contributed by atoms with E-state index in [2.05, 4.69) is 45.8 Å². The molecule has 0 unspecified atom stereocenters. The van der Waals surface area contributed by atoms with Gasteiger partial charge in [-0.05, 0) is 91.6 Å². The van der Waals surface area contributed by atoms with Crippen molar-refractivity contribution in [2.45, 2.75) is 49.5 Å². The summed E-state index contributed by atoms with van der Waals surface area (Å²) in [7, 11) is -3.51. The molecule has 2 heterocycles. The van der Waals surface area contributed by atoms with Crippen LogP contribution in [0.2, 0.25) is 0 Å². The normalized spacial score (nSPS) is 17.6. The SMILES string of the molecule is Cc1[nH]nc2ccc(-c3ccc(S(=O)(=O)N4CCC(Nc5ccc(C6CC6)cc5)CC4)cc3)cc12. The van der Waals surface area contributed by atoms with E-state index < -0.39 is 10.0 Å². The number of aromatic amines is 1. The Morgan fingerprint density at radius 1 is 0.886 bits per heavy atom. The lowest BCUT2D eigenvalue weighted by atomic mass is 10.0. The molecule has 2 N–H and O–H groups in total. The molecule has 1 saturated carbocycles. The van der Waals surface area contributed by atoms with Crippen molar-refractivity contribution in [3.63, 3.8) is 0 Å². The van der Waals surface area contributed by atoms with Gasteiger partial charge in [-0.3, -0.25) is 5.10 Å². The molecule has 3 aromatic carbocycles. The van der Waals surface area contributed by atoms with Crippen LogP contribution in [0.4, 0.5) is 5.69 Å². The minimum absolute atomic E-state index is 0.289. The summed E-state index contributed by atoms with van der Waals surface area (Å²) in [6, 6.07) is 22.4. The Hall–Kier alpha value is -3.16. The Kier molecular flexibility index (Phi) is 5.61. The maximum absolute atomic E-state index is 13.3. The first-order valence-corrected chi connectivity index (χ1v) is 13.8. The smallest absolute Gasteiger partial charge is 0.243 e. The molecule has 4 aromatic rings. The number of rotatable bonds is 6. The summed E-state index contributed by atoms with van der Waals surface area (Å²) in [6.45, 7) is 3.05. The van der Waals surface area contributed by atoms with E-state index in [1.807, 2.05) is 31.2 Å². The summed E-state index contributed by atoms with van der Waals surface area (Å²) in [6.07, 6.45) is 4.21. The highest BCUT2D eigenvalue weighted by Crippen LogP contribution is 2.40. The molecule has 6 nitrogen and oxygen atoms in total. The first kappa shape index (κ1) is 22.3. The van der Waals surface area contributed by atoms with Crippen LogP contribution in [0.15, 0.2) is 71.6 Å². The predicted octanol–water partition coefficient (Wildman–Crippen LogP) is 5.68. The van der Waals surface area contributed by atoms with Crippen LogP contribution in [0.1, 0.15) is 42.9 Å². The van der Waals surface area contributed by atoms with Crippen LogP contribution < -0.4 is 5.32 Å². The van der Waals surface area contributed by atoms with Gasteiger partial charge >= 0.3 is 0 Å². The highest BCUT2D eigenvalue weighted by atomic mass is 32.2. The molecule has 0 radical (unpaired) electrons. The van der Waals surface area contributed by atoms with Crippen LogP contribution in [-0.4, -0.2) is 42.1 Å². The molecule has 2 aliphatic rings. The second kappa shape index (κ2) is 8.81. The minimum Gasteiger partial charge on any atom is -0.382 e. The Bertz CT molecular complexity index is 1450. The zero-order valence-corrected chi connectivity index (χ0v) is 20.7. The van der Waals surface area contributed by atoms with Crippen LogP contribution in [0.3, 0.4) is 0 Å². The number of aromatic nitrogens is 2. The van der Waals surface area contributed by atoms with E-state index in [1.54, 1.807) is 16.4 Å². The zero-order chi connectivity index (χ0) is 24.0. The van der Waals surface area contributed by atoms with E-state index in [4.69, 9.17) is 0 Å². The van der Waals surface area contributed by atoms with Gasteiger partial charge in [0, 0.05) is 35.9 Å². The fourth-order valence-corrected chi connectivity index (χ4v) is 6.50. The number of anilines is 1. The molecule has 1 saturated heterocycles. The molecular formula is C28H30N4O2S. The van der Waals surface area contributed by atoms with Crippen molar-refractivity contribution in [2.75, 3.05) is 18.4 Å². The lowest BCUT2D eigenvalue weighted by Gasteiger charge is -2.32. The molecule has 0 amide bonds. The summed E-state index contributed by atoms with van der Waals surface area (Å²) in [5.41, 5.74) is 6.53. The molecule has 1 aliphatic carbocycles. The average Bonchev–Trinajstić information content (AvgIpc) is 3.68. The highest BCUT2D eigenvalue weighted by Gasteiger charge is 2.29. The minimum atomic E-state index is -3.51. The standard InChI is InChI=1S/C28H30N4O2S/c1-19-27-18-23(8-13-28(27)31-30-19)22-6-11-26(12-7-22)35(33,34)32-16-14-25(15-17-32)29-24-9-4-21(5-10-24)20-2-3-20/h4-13,18,20,25,29H,2-3,14-17H2,1H3,(H,30,31). The number of hydrogen-bond donors (Lipinski definition) is 2. The number of fused-ring (bicyclic) bond motifs is 1. The fraction of sp³-hybridized carbons (Fsp3) is 0.321. The Labute approximate surface area is 206 Å². The monoisotopic (exact) mass is 486 g/mol. The molecule has 0 atom stereocenters. The first-order chi connectivity index (χ1) is 17.0. The average molecular weight is 487 g/mol. The van der Waals surface area contributed by atoms with Gasteiger partial charge in [0.2, 0.25) is 10.0 Å². The zero-order valence-electron chi connectivity index (χ0n) is 19.9. The van der Waals surface area contributed by atoms with Gasteiger partial charge in [-0.1, -0.05) is 30.3 Å². The number of benzene rings is 3. The second-order valence-corrected chi connectivity index (χ2v) is 11.8. The van der Waals surface area contributed by atoms with Crippen LogP contribution in [0.25, 0.3) is 22.0 Å². The fourth-order valence-electron chi connectivity index (χ4n) is 5.03. The van der Waals surface area contributed by atoms with Crippen molar-refractivity contribution >= 4 is 26.6 Å². The van der Waals surface area contributed by atoms with Gasteiger partial charge in [-0.15, -0.1) is 0 Å². The number of aryl methyl sites for hydroxylation is 1. The summed E-state index contributed by atoms with van der Waals surface area (Å²) in [5.74, 6) is 0.760. The Balaban J connectivity index is 1.10. The van der Waals surface area contributed by atoms with Crippen molar-refractivity contribution in [1.29, 1.82) is 0 Å². The van der Waals surface area contributed by atoms with E-state index in [0.717, 1.165) is 52.2 Å². The van der Waals surface area contributed by atoms with Crippen LogP contribution in [0.5, 0.6) is 0 Å². The van der Waals surface area contributed by atoms with Crippen molar-refractivity contribution in [2.24, 2.45) is 0 Å². The molecule has 2 fully saturated rings. The second-order valence-electron chi connectivity index (χ2n) is 9.82. The first-order valence-electron chi connectivity index (χ1n) is 12.4. The third-order valence-corrected chi connectivity index (χ3v) is 9.27. The van der Waals surface area contributed by atoms with E-state index in [1.165, 1.54) is 18.4 Å². The topological polar surface area (TPSA) is 78.1 Å². The van der Waals surface area contributed by atoms with Gasteiger partial charge in [0.1, 0.15) is 0 Å². The number of sulfonamides is 1. The molecule has 7 heteroatoms. The maximum atomic E-state index is 13.3. The van der Waals surface area contributed by atoms with Crippen LogP contribution in [-0.2, 0) is 10.0 Å². The van der Waals surface area contributed by atoms with Crippen LogP contribution >= 0.6 is 0 Å². The molecule has 0 spiro atoms. The molecule has 180 valence electrons. The van der Waals surface area contributed by atoms with E-state index in [-0.39, 0.29) is 6.04 Å². The van der Waals surface area contributed by atoms with Crippen molar-refractivity contribution in [1.82, 2.24) is 14.5 Å². The summed E-state index contributed by atoms with van der Waals surface area (Å²) in [5, 5.41) is 12.0. The molecule has 1 aromatic heterocycles. The quantitative estimate of drug-likeness (QED) is 0.367. The van der Waals surface area contributed by atoms with E-state index in [9.17, 15) is 8.42 Å². The maximum Gasteiger partial charge on any atom is 0.243 e. The lowest BCUT2D eigenvalue weighted by Crippen LogP contribution is -2.42. The largest absolute Gasteiger partial charge is 0.382 e. The highest BCUT2D eigenvalue weighted by molar-refractivity contribution is 7.89. The number of nitrogens with one attached hydrogen (secondary N) is 2. The number of nitrogens with zero attached hydrogens (tertiary/aromatic N) is 2. The summed E-state index contributed by atoms with van der Waals surface area (Å²) < 4.78 is 28.2. The number of piperidine rings is 1. The third-order valence-electron chi connectivity index (χ3n) is 7.35. The van der Waals surface area contributed by atoms with Crippen molar-refractivity contribution in [3.8, 4) is 11.1 Å². The van der Waals surface area contributed by atoms with E-state index in [0.29, 0.717) is 18.0 Å². The van der Waals surface area contributed by atoms with Gasteiger partial charge in [-0.2, -0.15) is 9.40 Å². The summed E-state index contributed by atoms with van der Waals surface area (Å²) in [4.78, 5) is 0.351.